The van der Waals surface area contributed by atoms with Crippen LogP contribution in [-0.2, 0) is 10.2 Å². The molecule has 0 aliphatic carbocycles. The van der Waals surface area contributed by atoms with E-state index >= 15 is 0 Å². The van der Waals surface area contributed by atoms with E-state index in [1.165, 1.54) is 5.56 Å². The summed E-state index contributed by atoms with van der Waals surface area (Å²) in [5.74, 6) is 2.00. The third-order valence-corrected chi connectivity index (χ3v) is 5.10. The molecule has 1 aliphatic heterocycles. The summed E-state index contributed by atoms with van der Waals surface area (Å²) >= 11 is 0. The first kappa shape index (κ1) is 21.0. The molecule has 5 nitrogen and oxygen atoms in total. The first-order valence-electron chi connectivity index (χ1n) is 9.97. The molecule has 0 bridgehead atoms. The number of fused-ring (bicyclic) bond motifs is 1. The molecule has 2 aromatic rings. The maximum atomic E-state index is 12.6. The molecule has 0 radical (unpaired) electrons. The molecular formula is C24H31NO4. The highest BCUT2D eigenvalue weighted by atomic mass is 16.5. The summed E-state index contributed by atoms with van der Waals surface area (Å²) in [5, 5.41) is 3.09. The average Bonchev–Trinajstić information content (AvgIpc) is 2.64. The fourth-order valence-corrected chi connectivity index (χ4v) is 3.52. The fraction of sp³-hybridized carbons (Fsp3) is 0.458. The molecule has 0 unspecified atom stereocenters. The van der Waals surface area contributed by atoms with E-state index in [-0.39, 0.29) is 29.6 Å². The predicted octanol–water partition coefficient (Wildman–Crippen LogP) is 4.79. The molecule has 1 atom stereocenters. The highest BCUT2D eigenvalue weighted by molar-refractivity contribution is 5.78. The number of rotatable bonds is 5. The van der Waals surface area contributed by atoms with Crippen LogP contribution in [0.5, 0.6) is 17.2 Å². The van der Waals surface area contributed by atoms with E-state index in [9.17, 15) is 4.79 Å². The second-order valence-corrected chi connectivity index (χ2v) is 9.15. The second kappa shape index (κ2) is 7.97. The Morgan fingerprint density at radius 1 is 1.14 bits per heavy atom. The van der Waals surface area contributed by atoms with E-state index in [1.807, 2.05) is 56.3 Å². The quantitative estimate of drug-likeness (QED) is 0.788. The second-order valence-electron chi connectivity index (χ2n) is 9.15. The molecule has 0 saturated carbocycles. The van der Waals surface area contributed by atoms with Gasteiger partial charge in [-0.1, -0.05) is 32.9 Å². The molecule has 156 valence electrons. The summed E-state index contributed by atoms with van der Waals surface area (Å²) < 4.78 is 17.1. The number of nitrogens with one attached hydrogen (secondary N) is 1. The number of carbonyl (C=O) groups is 1. The third kappa shape index (κ3) is 5.22. The Hall–Kier alpha value is -2.69. The van der Waals surface area contributed by atoms with Gasteiger partial charge in [0.2, 0.25) is 0 Å². The van der Waals surface area contributed by atoms with Crippen LogP contribution in [0.25, 0.3) is 0 Å². The highest BCUT2D eigenvalue weighted by Crippen LogP contribution is 2.41. The molecule has 0 spiro atoms. The van der Waals surface area contributed by atoms with E-state index < -0.39 is 0 Å². The van der Waals surface area contributed by atoms with Gasteiger partial charge in [-0.25, -0.2) is 0 Å². The molecule has 0 saturated heterocycles. The van der Waals surface area contributed by atoms with Gasteiger partial charge in [-0.3, -0.25) is 4.79 Å². The van der Waals surface area contributed by atoms with E-state index in [2.05, 4.69) is 26.1 Å². The fourth-order valence-electron chi connectivity index (χ4n) is 3.52. The van der Waals surface area contributed by atoms with Crippen molar-refractivity contribution in [2.24, 2.45) is 0 Å². The van der Waals surface area contributed by atoms with Crippen LogP contribution in [-0.4, -0.2) is 25.2 Å². The number of methoxy groups -OCH3 is 1. The zero-order valence-electron chi connectivity index (χ0n) is 18.2. The smallest absolute Gasteiger partial charge is 0.258 e. The summed E-state index contributed by atoms with van der Waals surface area (Å²) in [5.41, 5.74) is 1.88. The molecular weight excluding hydrogens is 366 g/mol. The summed E-state index contributed by atoms with van der Waals surface area (Å²) in [7, 11) is 1.63. The van der Waals surface area contributed by atoms with Gasteiger partial charge in [-0.15, -0.1) is 0 Å². The minimum Gasteiger partial charge on any atom is -0.497 e. The molecule has 1 amide bonds. The summed E-state index contributed by atoms with van der Waals surface area (Å²) in [6, 6.07) is 13.4. The third-order valence-electron chi connectivity index (χ3n) is 5.10. The monoisotopic (exact) mass is 397 g/mol. The number of carbonyl (C=O) groups excluding carboxylic acids is 1. The topological polar surface area (TPSA) is 56.8 Å². The molecule has 2 aromatic carbocycles. The number of hydrogen-bond acceptors (Lipinski definition) is 4. The zero-order valence-corrected chi connectivity index (χ0v) is 18.2. The van der Waals surface area contributed by atoms with Crippen LogP contribution in [0.4, 0.5) is 0 Å². The lowest BCUT2D eigenvalue weighted by Gasteiger charge is -2.38. The standard InChI is InChI=1S/C24H31NO4/c1-23(2,3)16-7-9-17(10-8-16)28-15-22(26)25-20-14-24(4,5)29-21-13-18(27-6)11-12-19(20)21/h7-13,20H,14-15H2,1-6H3,(H,25,26)/t20-/m1/s1. The zero-order chi connectivity index (χ0) is 21.2. The van der Waals surface area contributed by atoms with Crippen LogP contribution < -0.4 is 19.5 Å². The summed E-state index contributed by atoms with van der Waals surface area (Å²) in [6.07, 6.45) is 0.679. The van der Waals surface area contributed by atoms with Gasteiger partial charge >= 0.3 is 0 Å². The molecule has 0 aromatic heterocycles. The summed E-state index contributed by atoms with van der Waals surface area (Å²) in [4.78, 5) is 12.6. The van der Waals surface area contributed by atoms with Crippen molar-refractivity contribution in [2.45, 2.75) is 58.1 Å². The van der Waals surface area contributed by atoms with Gasteiger partial charge in [0, 0.05) is 18.1 Å². The first-order chi connectivity index (χ1) is 13.6. The SMILES string of the molecule is COc1ccc2c(c1)OC(C)(C)C[C@H]2NC(=O)COc1ccc(C(C)(C)C)cc1. The predicted molar refractivity (Wildman–Crippen MR) is 114 cm³/mol. The number of ether oxygens (including phenoxy) is 3. The molecule has 1 heterocycles. The van der Waals surface area contributed by atoms with E-state index in [0.717, 1.165) is 17.1 Å². The minimum absolute atomic E-state index is 0.0296. The lowest BCUT2D eigenvalue weighted by atomic mass is 9.87. The Morgan fingerprint density at radius 2 is 1.79 bits per heavy atom. The van der Waals surface area contributed by atoms with Crippen molar-refractivity contribution in [2.75, 3.05) is 13.7 Å². The minimum atomic E-state index is -0.388. The lowest BCUT2D eigenvalue weighted by Crippen LogP contribution is -2.42. The maximum Gasteiger partial charge on any atom is 0.258 e. The van der Waals surface area contributed by atoms with Crippen LogP contribution in [0, 0.1) is 0 Å². The van der Waals surface area contributed by atoms with Crippen LogP contribution in [0.1, 0.15) is 58.2 Å². The Labute approximate surface area is 173 Å². The van der Waals surface area contributed by atoms with E-state index in [4.69, 9.17) is 14.2 Å². The van der Waals surface area contributed by atoms with Crippen molar-refractivity contribution < 1.29 is 19.0 Å². The Bertz CT molecular complexity index is 865. The normalized spacial score (nSPS) is 17.7. The van der Waals surface area contributed by atoms with Crippen LogP contribution in [0.15, 0.2) is 42.5 Å². The van der Waals surface area contributed by atoms with Gasteiger partial charge in [0.15, 0.2) is 6.61 Å². The number of amides is 1. The summed E-state index contributed by atoms with van der Waals surface area (Å²) in [6.45, 7) is 10.5. The van der Waals surface area contributed by atoms with Gasteiger partial charge in [0.25, 0.3) is 5.91 Å². The van der Waals surface area contributed by atoms with Crippen molar-refractivity contribution in [1.29, 1.82) is 0 Å². The van der Waals surface area contributed by atoms with E-state index in [0.29, 0.717) is 12.2 Å². The molecule has 1 N–H and O–H groups in total. The Balaban J connectivity index is 1.65. The average molecular weight is 398 g/mol. The molecule has 29 heavy (non-hydrogen) atoms. The van der Waals surface area contributed by atoms with Crippen LogP contribution >= 0.6 is 0 Å². The Kier molecular flexibility index (Phi) is 5.78. The van der Waals surface area contributed by atoms with E-state index in [1.54, 1.807) is 7.11 Å². The van der Waals surface area contributed by atoms with Crippen molar-refractivity contribution >= 4 is 5.91 Å². The van der Waals surface area contributed by atoms with Crippen LogP contribution in [0.3, 0.4) is 0 Å². The molecule has 0 fully saturated rings. The molecule has 1 aliphatic rings. The van der Waals surface area contributed by atoms with Crippen molar-refractivity contribution in [1.82, 2.24) is 5.32 Å². The lowest BCUT2D eigenvalue weighted by molar-refractivity contribution is -0.124. The highest BCUT2D eigenvalue weighted by Gasteiger charge is 2.34. The molecule has 5 heteroatoms. The maximum absolute atomic E-state index is 12.6. The molecule has 3 rings (SSSR count). The largest absolute Gasteiger partial charge is 0.497 e. The number of hydrogen-bond donors (Lipinski definition) is 1. The van der Waals surface area contributed by atoms with Crippen molar-refractivity contribution in [3.05, 3.63) is 53.6 Å². The van der Waals surface area contributed by atoms with Gasteiger partial charge in [-0.2, -0.15) is 0 Å². The Morgan fingerprint density at radius 3 is 2.41 bits per heavy atom. The van der Waals surface area contributed by atoms with Gasteiger partial charge in [0.05, 0.1) is 13.2 Å². The number of benzene rings is 2. The van der Waals surface area contributed by atoms with Gasteiger partial charge in [0.1, 0.15) is 22.8 Å². The first-order valence-corrected chi connectivity index (χ1v) is 9.97. The van der Waals surface area contributed by atoms with Crippen molar-refractivity contribution in [3.8, 4) is 17.2 Å². The van der Waals surface area contributed by atoms with Gasteiger partial charge in [-0.05, 0) is 49.1 Å². The van der Waals surface area contributed by atoms with Crippen molar-refractivity contribution in [3.63, 3.8) is 0 Å². The van der Waals surface area contributed by atoms with Crippen LogP contribution in [0.2, 0.25) is 0 Å². The van der Waals surface area contributed by atoms with Gasteiger partial charge < -0.3 is 19.5 Å².